The van der Waals surface area contributed by atoms with Gasteiger partial charge >= 0.3 is 5.97 Å². The number of aryl methyl sites for hydroxylation is 1. The lowest BCUT2D eigenvalue weighted by Crippen LogP contribution is -2.08. The van der Waals surface area contributed by atoms with Gasteiger partial charge < -0.3 is 5.11 Å². The zero-order valence-electron chi connectivity index (χ0n) is 9.72. The van der Waals surface area contributed by atoms with Crippen molar-refractivity contribution in [2.24, 2.45) is 0 Å². The van der Waals surface area contributed by atoms with Crippen LogP contribution in [0.3, 0.4) is 0 Å². The van der Waals surface area contributed by atoms with Gasteiger partial charge in [0.05, 0.1) is 0 Å². The lowest BCUT2D eigenvalue weighted by Gasteiger charge is -2.04. The first-order valence-corrected chi connectivity index (χ1v) is 6.16. The summed E-state index contributed by atoms with van der Waals surface area (Å²) in [4.78, 5) is 19.2. The Morgan fingerprint density at radius 1 is 1.44 bits per heavy atom. The Hall–Kier alpha value is -1.75. The zero-order chi connectivity index (χ0) is 13.1. The van der Waals surface area contributed by atoms with Crippen molar-refractivity contribution in [1.29, 1.82) is 0 Å². The van der Waals surface area contributed by atoms with Crippen LogP contribution < -0.4 is 0 Å². The van der Waals surface area contributed by atoms with E-state index in [4.69, 9.17) is 5.11 Å². The molecule has 0 amide bonds. The van der Waals surface area contributed by atoms with Gasteiger partial charge in [0.1, 0.15) is 5.82 Å². The van der Waals surface area contributed by atoms with Crippen molar-refractivity contribution >= 4 is 21.9 Å². The monoisotopic (exact) mass is 306 g/mol. The van der Waals surface area contributed by atoms with E-state index in [-0.39, 0.29) is 5.69 Å². The van der Waals surface area contributed by atoms with Gasteiger partial charge in [0, 0.05) is 22.7 Å². The molecule has 1 N–H and O–H groups in total. The number of rotatable bonds is 3. The molecule has 1 aromatic heterocycles. The van der Waals surface area contributed by atoms with Crippen LogP contribution in [0.2, 0.25) is 0 Å². The van der Waals surface area contributed by atoms with E-state index in [9.17, 15) is 4.79 Å². The van der Waals surface area contributed by atoms with E-state index >= 15 is 0 Å². The number of aromatic carboxylic acids is 1. The molecule has 1 aromatic carbocycles. The quantitative estimate of drug-likeness (QED) is 0.947. The van der Waals surface area contributed by atoms with E-state index in [0.717, 1.165) is 10.0 Å². The molecule has 0 bridgehead atoms. The van der Waals surface area contributed by atoms with Crippen LogP contribution in [0.5, 0.6) is 0 Å². The van der Waals surface area contributed by atoms with Crippen molar-refractivity contribution in [1.82, 2.24) is 9.97 Å². The molecule has 0 radical (unpaired) electrons. The van der Waals surface area contributed by atoms with Gasteiger partial charge in [-0.25, -0.2) is 14.8 Å². The van der Waals surface area contributed by atoms with Crippen LogP contribution in [0.25, 0.3) is 0 Å². The second-order valence-corrected chi connectivity index (χ2v) is 4.85. The minimum absolute atomic E-state index is 0.0648. The molecule has 0 spiro atoms. The normalized spacial score (nSPS) is 10.3. The smallest absolute Gasteiger partial charge is 0.354 e. The number of aromatic nitrogens is 2. The van der Waals surface area contributed by atoms with Crippen molar-refractivity contribution in [2.45, 2.75) is 13.3 Å². The third-order valence-electron chi connectivity index (χ3n) is 2.48. The molecule has 0 saturated carbocycles. The first kappa shape index (κ1) is 12.7. The molecule has 0 fully saturated rings. The van der Waals surface area contributed by atoms with Gasteiger partial charge in [0.2, 0.25) is 0 Å². The predicted molar refractivity (Wildman–Crippen MR) is 70.7 cm³/mol. The van der Waals surface area contributed by atoms with Crippen molar-refractivity contribution in [3.05, 3.63) is 57.6 Å². The predicted octanol–water partition coefficient (Wildman–Crippen LogP) is 2.84. The van der Waals surface area contributed by atoms with Crippen molar-refractivity contribution in [2.75, 3.05) is 0 Å². The Bertz CT molecular complexity index is 599. The lowest BCUT2D eigenvalue weighted by atomic mass is 10.1. The van der Waals surface area contributed by atoms with E-state index in [1.807, 2.05) is 24.3 Å². The Kier molecular flexibility index (Phi) is 3.72. The second-order valence-electron chi connectivity index (χ2n) is 3.93. The minimum atomic E-state index is -1.02. The largest absolute Gasteiger partial charge is 0.477 e. The Labute approximate surface area is 113 Å². The fourth-order valence-corrected chi connectivity index (χ4v) is 2.06. The zero-order valence-corrected chi connectivity index (χ0v) is 11.3. The van der Waals surface area contributed by atoms with Crippen LogP contribution in [-0.4, -0.2) is 21.0 Å². The topological polar surface area (TPSA) is 63.1 Å². The number of benzene rings is 1. The van der Waals surface area contributed by atoms with Crippen LogP contribution in [0.1, 0.15) is 27.4 Å². The van der Waals surface area contributed by atoms with E-state index in [2.05, 4.69) is 25.9 Å². The summed E-state index contributed by atoms with van der Waals surface area (Å²) in [5, 5.41) is 9.00. The SMILES string of the molecule is Cc1cnc(Cc2cccc(Br)c2)nc1C(=O)O. The lowest BCUT2D eigenvalue weighted by molar-refractivity contribution is 0.0689. The van der Waals surface area contributed by atoms with Gasteiger partial charge in [-0.1, -0.05) is 28.1 Å². The number of hydrogen-bond donors (Lipinski definition) is 1. The molecule has 0 unspecified atom stereocenters. The van der Waals surface area contributed by atoms with Gasteiger partial charge in [0.15, 0.2) is 5.69 Å². The summed E-state index contributed by atoms with van der Waals surface area (Å²) in [5.41, 5.74) is 1.67. The number of hydrogen-bond acceptors (Lipinski definition) is 3. The van der Waals surface area contributed by atoms with E-state index < -0.39 is 5.97 Å². The van der Waals surface area contributed by atoms with Crippen LogP contribution in [0.4, 0.5) is 0 Å². The number of carboxylic acids is 1. The standard InChI is InChI=1S/C13H11BrN2O2/c1-8-7-15-11(16-12(8)13(17)18)6-9-3-2-4-10(14)5-9/h2-5,7H,6H2,1H3,(H,17,18). The van der Waals surface area contributed by atoms with E-state index in [1.165, 1.54) is 0 Å². The highest BCUT2D eigenvalue weighted by molar-refractivity contribution is 9.10. The summed E-state index contributed by atoms with van der Waals surface area (Å²) < 4.78 is 0.977. The first-order chi connectivity index (χ1) is 8.56. The number of carbonyl (C=O) groups is 1. The maximum atomic E-state index is 11.0. The fourth-order valence-electron chi connectivity index (χ4n) is 1.61. The van der Waals surface area contributed by atoms with E-state index in [1.54, 1.807) is 13.1 Å². The molecule has 0 saturated heterocycles. The average molecular weight is 307 g/mol. The van der Waals surface area contributed by atoms with Gasteiger partial charge in [-0.15, -0.1) is 0 Å². The highest BCUT2D eigenvalue weighted by Gasteiger charge is 2.11. The maximum Gasteiger partial charge on any atom is 0.354 e. The molecule has 2 rings (SSSR count). The molecular formula is C13H11BrN2O2. The Morgan fingerprint density at radius 3 is 2.89 bits per heavy atom. The minimum Gasteiger partial charge on any atom is -0.477 e. The Morgan fingerprint density at radius 2 is 2.22 bits per heavy atom. The molecule has 4 nitrogen and oxygen atoms in total. The van der Waals surface area contributed by atoms with Crippen molar-refractivity contribution in [3.8, 4) is 0 Å². The number of nitrogens with zero attached hydrogens (tertiary/aromatic N) is 2. The molecule has 5 heteroatoms. The summed E-state index contributed by atoms with van der Waals surface area (Å²) >= 11 is 3.39. The highest BCUT2D eigenvalue weighted by atomic mass is 79.9. The summed E-state index contributed by atoms with van der Waals surface area (Å²) in [6.45, 7) is 1.69. The molecule has 0 aliphatic heterocycles. The highest BCUT2D eigenvalue weighted by Crippen LogP contribution is 2.14. The number of carboxylic acid groups (broad SMARTS) is 1. The van der Waals surface area contributed by atoms with Crippen molar-refractivity contribution in [3.63, 3.8) is 0 Å². The van der Waals surface area contributed by atoms with Gasteiger partial charge in [0.25, 0.3) is 0 Å². The summed E-state index contributed by atoms with van der Waals surface area (Å²) in [7, 11) is 0. The fraction of sp³-hybridized carbons (Fsp3) is 0.154. The summed E-state index contributed by atoms with van der Waals surface area (Å²) in [6, 6.07) is 7.77. The first-order valence-electron chi connectivity index (χ1n) is 5.36. The second kappa shape index (κ2) is 5.27. The molecule has 0 atom stereocenters. The maximum absolute atomic E-state index is 11.0. The molecular weight excluding hydrogens is 296 g/mol. The third-order valence-corrected chi connectivity index (χ3v) is 2.97. The van der Waals surface area contributed by atoms with Gasteiger partial charge in [-0.3, -0.25) is 0 Å². The molecule has 0 aliphatic carbocycles. The molecule has 18 heavy (non-hydrogen) atoms. The van der Waals surface area contributed by atoms with Crippen LogP contribution in [0, 0.1) is 6.92 Å². The average Bonchev–Trinajstić information content (AvgIpc) is 2.31. The molecule has 0 aliphatic rings. The van der Waals surface area contributed by atoms with Crippen LogP contribution in [-0.2, 0) is 6.42 Å². The summed E-state index contributed by atoms with van der Waals surface area (Å²) in [5.74, 6) is -0.513. The van der Waals surface area contributed by atoms with Gasteiger partial charge in [-0.05, 0) is 24.6 Å². The molecule has 1 heterocycles. The van der Waals surface area contributed by atoms with Gasteiger partial charge in [-0.2, -0.15) is 0 Å². The van der Waals surface area contributed by atoms with E-state index in [0.29, 0.717) is 17.8 Å². The summed E-state index contributed by atoms with van der Waals surface area (Å²) in [6.07, 6.45) is 2.06. The van der Waals surface area contributed by atoms with Crippen LogP contribution in [0.15, 0.2) is 34.9 Å². The van der Waals surface area contributed by atoms with Crippen LogP contribution >= 0.6 is 15.9 Å². The van der Waals surface area contributed by atoms with Crippen molar-refractivity contribution < 1.29 is 9.90 Å². The molecule has 92 valence electrons. The molecule has 2 aromatic rings. The number of halogens is 1. The Balaban J connectivity index is 2.30. The third kappa shape index (κ3) is 2.92.